The fourth-order valence-corrected chi connectivity index (χ4v) is 2.74. The zero-order valence-corrected chi connectivity index (χ0v) is 15.7. The molecule has 25 heavy (non-hydrogen) atoms. The van der Waals surface area contributed by atoms with Crippen LogP contribution in [0.2, 0.25) is 0 Å². The molecule has 0 radical (unpaired) electrons. The average molecular weight is 374 g/mol. The highest BCUT2D eigenvalue weighted by atomic mass is 32.3. The summed E-state index contributed by atoms with van der Waals surface area (Å²) in [5, 5.41) is 0. The smallest absolute Gasteiger partial charge is 0.397 e. The van der Waals surface area contributed by atoms with Crippen molar-refractivity contribution in [3.8, 4) is 5.75 Å². The molecule has 0 saturated carbocycles. The predicted molar refractivity (Wildman–Crippen MR) is 97.2 cm³/mol. The number of ether oxygens (including phenoxy) is 2. The Balaban J connectivity index is 2.26. The normalized spacial score (nSPS) is 12.9. The van der Waals surface area contributed by atoms with Crippen molar-refractivity contribution in [1.82, 2.24) is 0 Å². The van der Waals surface area contributed by atoms with E-state index in [0.29, 0.717) is 19.6 Å². The fraction of sp³-hybridized carbons (Fsp3) is 0.667. The lowest BCUT2D eigenvalue weighted by Crippen LogP contribution is -2.24. The summed E-state index contributed by atoms with van der Waals surface area (Å²) in [6, 6.07) is 9.39. The van der Waals surface area contributed by atoms with E-state index >= 15 is 0 Å². The molecule has 1 atom stereocenters. The second-order valence-electron chi connectivity index (χ2n) is 5.92. The Bertz CT molecular complexity index is 532. The lowest BCUT2D eigenvalue weighted by molar-refractivity contribution is -0.000210. The van der Waals surface area contributed by atoms with Crippen LogP contribution in [-0.2, 0) is 19.3 Å². The quantitative estimate of drug-likeness (QED) is 0.369. The summed E-state index contributed by atoms with van der Waals surface area (Å²) in [6.45, 7) is 2.68. The first-order valence-corrected chi connectivity index (χ1v) is 10.3. The molecule has 0 aliphatic rings. The molecule has 144 valence electrons. The lowest BCUT2D eigenvalue weighted by Gasteiger charge is -2.17. The molecular weight excluding hydrogens is 344 g/mol. The summed E-state index contributed by atoms with van der Waals surface area (Å²) >= 11 is 0. The van der Waals surface area contributed by atoms with Gasteiger partial charge in [0.25, 0.3) is 0 Å². The first-order valence-electron chi connectivity index (χ1n) is 8.92. The third kappa shape index (κ3) is 12.8. The van der Waals surface area contributed by atoms with Crippen molar-refractivity contribution in [1.29, 1.82) is 0 Å². The van der Waals surface area contributed by atoms with Crippen LogP contribution >= 0.6 is 0 Å². The summed E-state index contributed by atoms with van der Waals surface area (Å²) in [7, 11) is -4.45. The minimum absolute atomic E-state index is 0.181. The van der Waals surface area contributed by atoms with Crippen LogP contribution in [0.1, 0.15) is 51.9 Å². The Kier molecular flexibility index (Phi) is 11.5. The summed E-state index contributed by atoms with van der Waals surface area (Å²) in [5.74, 6) is 0.757. The van der Waals surface area contributed by atoms with Crippen LogP contribution in [0.3, 0.4) is 0 Å². The number of rotatable bonds is 15. The van der Waals surface area contributed by atoms with Crippen molar-refractivity contribution in [2.45, 2.75) is 58.0 Å². The molecule has 0 aliphatic carbocycles. The third-order valence-electron chi connectivity index (χ3n) is 3.73. The van der Waals surface area contributed by atoms with Gasteiger partial charge in [-0.25, -0.2) is 4.18 Å². The highest BCUT2D eigenvalue weighted by Crippen LogP contribution is 2.12. The van der Waals surface area contributed by atoms with Crippen LogP contribution in [0.5, 0.6) is 5.75 Å². The van der Waals surface area contributed by atoms with Gasteiger partial charge in [0.2, 0.25) is 0 Å². The van der Waals surface area contributed by atoms with Crippen molar-refractivity contribution >= 4 is 10.4 Å². The third-order valence-corrected chi connectivity index (χ3v) is 4.17. The van der Waals surface area contributed by atoms with Crippen molar-refractivity contribution in [2.24, 2.45) is 0 Å². The average Bonchev–Trinajstić information content (AvgIpc) is 2.59. The van der Waals surface area contributed by atoms with Crippen LogP contribution < -0.4 is 4.74 Å². The number of benzene rings is 1. The van der Waals surface area contributed by atoms with E-state index in [1.165, 1.54) is 19.3 Å². The van der Waals surface area contributed by atoms with Crippen LogP contribution in [0.15, 0.2) is 30.3 Å². The molecule has 0 heterocycles. The molecule has 0 aliphatic heterocycles. The van der Waals surface area contributed by atoms with Crippen LogP contribution in [0, 0.1) is 0 Å². The molecule has 0 amide bonds. The van der Waals surface area contributed by atoms with Gasteiger partial charge in [0, 0.05) is 0 Å². The van der Waals surface area contributed by atoms with Gasteiger partial charge in [0.15, 0.2) is 0 Å². The molecule has 0 saturated heterocycles. The van der Waals surface area contributed by atoms with E-state index in [4.69, 9.17) is 14.0 Å². The summed E-state index contributed by atoms with van der Waals surface area (Å²) in [6.07, 6.45) is 7.14. The molecule has 1 aromatic carbocycles. The molecule has 1 N–H and O–H groups in total. The SMILES string of the molecule is CCCCCCCCC(COS(=O)(=O)O)OCCOc1ccccc1. The van der Waals surface area contributed by atoms with Gasteiger partial charge in [-0.05, 0) is 18.6 Å². The number of unbranched alkanes of at least 4 members (excludes halogenated alkanes) is 5. The Morgan fingerprint density at radius 1 is 1.00 bits per heavy atom. The monoisotopic (exact) mass is 374 g/mol. The Labute approximate surface area is 151 Å². The first kappa shape index (κ1) is 21.9. The predicted octanol–water partition coefficient (Wildman–Crippen LogP) is 4.02. The van der Waals surface area contributed by atoms with E-state index in [1.54, 1.807) is 0 Å². The van der Waals surface area contributed by atoms with Crippen molar-refractivity contribution in [3.05, 3.63) is 30.3 Å². The van der Waals surface area contributed by atoms with E-state index in [9.17, 15) is 8.42 Å². The van der Waals surface area contributed by atoms with Gasteiger partial charge in [-0.1, -0.05) is 63.6 Å². The Morgan fingerprint density at radius 2 is 1.68 bits per heavy atom. The van der Waals surface area contributed by atoms with Crippen molar-refractivity contribution in [2.75, 3.05) is 19.8 Å². The summed E-state index contributed by atoms with van der Waals surface area (Å²) in [4.78, 5) is 0. The van der Waals surface area contributed by atoms with Crippen LogP contribution in [-0.4, -0.2) is 38.9 Å². The van der Waals surface area contributed by atoms with Gasteiger partial charge >= 0.3 is 10.4 Å². The molecule has 1 aromatic rings. The molecule has 6 nitrogen and oxygen atoms in total. The van der Waals surface area contributed by atoms with Crippen molar-refractivity contribution in [3.63, 3.8) is 0 Å². The van der Waals surface area contributed by atoms with Gasteiger partial charge in [-0.15, -0.1) is 0 Å². The maximum Gasteiger partial charge on any atom is 0.397 e. The first-order chi connectivity index (χ1) is 12.0. The standard InChI is InChI=1S/C18H30O6S/c1-2-3-4-5-6-8-13-18(16-24-25(19,20)21)23-15-14-22-17-11-9-7-10-12-17/h7,9-12,18H,2-6,8,13-16H2,1H3,(H,19,20,21). The molecule has 0 fully saturated rings. The van der Waals surface area contributed by atoms with Crippen LogP contribution in [0.4, 0.5) is 0 Å². The van der Waals surface area contributed by atoms with E-state index in [-0.39, 0.29) is 12.7 Å². The number of para-hydroxylation sites is 1. The van der Waals surface area contributed by atoms with Gasteiger partial charge in [-0.2, -0.15) is 8.42 Å². The molecule has 0 aromatic heterocycles. The Morgan fingerprint density at radius 3 is 2.36 bits per heavy atom. The maximum absolute atomic E-state index is 10.8. The minimum Gasteiger partial charge on any atom is -0.491 e. The second kappa shape index (κ2) is 13.1. The number of hydrogen-bond donors (Lipinski definition) is 1. The molecular formula is C18H30O6S. The molecule has 1 unspecified atom stereocenters. The van der Waals surface area contributed by atoms with Gasteiger partial charge in [-0.3, -0.25) is 4.55 Å². The molecule has 7 heteroatoms. The Hall–Kier alpha value is -1.15. The summed E-state index contributed by atoms with van der Waals surface area (Å²) in [5.41, 5.74) is 0. The molecule has 0 spiro atoms. The van der Waals surface area contributed by atoms with E-state index < -0.39 is 10.4 Å². The van der Waals surface area contributed by atoms with Gasteiger partial charge in [0.1, 0.15) is 12.4 Å². The second-order valence-corrected chi connectivity index (χ2v) is 7.01. The lowest BCUT2D eigenvalue weighted by atomic mass is 10.1. The zero-order valence-electron chi connectivity index (χ0n) is 14.9. The highest BCUT2D eigenvalue weighted by Gasteiger charge is 2.14. The van der Waals surface area contributed by atoms with Crippen molar-refractivity contribution < 1.29 is 26.6 Å². The molecule has 0 bridgehead atoms. The van der Waals surface area contributed by atoms with E-state index in [1.807, 2.05) is 30.3 Å². The highest BCUT2D eigenvalue weighted by molar-refractivity contribution is 7.80. The van der Waals surface area contributed by atoms with Gasteiger partial charge < -0.3 is 9.47 Å². The van der Waals surface area contributed by atoms with Crippen LogP contribution in [0.25, 0.3) is 0 Å². The number of hydrogen-bond acceptors (Lipinski definition) is 5. The summed E-state index contributed by atoms with van der Waals surface area (Å²) < 4.78 is 45.9. The topological polar surface area (TPSA) is 82.1 Å². The van der Waals surface area contributed by atoms with E-state index in [2.05, 4.69) is 11.1 Å². The fourth-order valence-electron chi connectivity index (χ4n) is 2.42. The molecule has 1 rings (SSSR count). The van der Waals surface area contributed by atoms with Gasteiger partial charge in [0.05, 0.1) is 19.3 Å². The largest absolute Gasteiger partial charge is 0.491 e. The zero-order chi connectivity index (χ0) is 18.4. The van der Waals surface area contributed by atoms with E-state index in [0.717, 1.165) is 25.0 Å². The minimum atomic E-state index is -4.45. The maximum atomic E-state index is 10.8.